The van der Waals surface area contributed by atoms with Crippen LogP contribution in [0.3, 0.4) is 0 Å². The molecule has 0 aromatic carbocycles. The van der Waals surface area contributed by atoms with Gasteiger partial charge in [-0.2, -0.15) is 0 Å². The van der Waals surface area contributed by atoms with Crippen molar-refractivity contribution in [3.63, 3.8) is 0 Å². The third-order valence-corrected chi connectivity index (χ3v) is 1.82. The van der Waals surface area contributed by atoms with Gasteiger partial charge in [-0.3, -0.25) is 4.79 Å². The van der Waals surface area contributed by atoms with E-state index in [9.17, 15) is 4.79 Å². The van der Waals surface area contributed by atoms with Gasteiger partial charge in [0.2, 0.25) is 5.91 Å². The Labute approximate surface area is 86.4 Å². The average Bonchev–Trinajstić information content (AvgIpc) is 2.12. The molecular weight excluding hydrogens is 180 g/mol. The van der Waals surface area contributed by atoms with Crippen molar-refractivity contribution in [2.75, 3.05) is 20.2 Å². The van der Waals surface area contributed by atoms with Crippen LogP contribution in [0.25, 0.3) is 0 Å². The molecule has 84 valence electrons. The number of amides is 1. The zero-order chi connectivity index (χ0) is 11.0. The van der Waals surface area contributed by atoms with Crippen molar-refractivity contribution in [2.45, 2.75) is 39.3 Å². The van der Waals surface area contributed by atoms with Crippen molar-refractivity contribution >= 4 is 5.91 Å². The van der Waals surface area contributed by atoms with E-state index in [4.69, 9.17) is 4.74 Å². The minimum absolute atomic E-state index is 0.0646. The summed E-state index contributed by atoms with van der Waals surface area (Å²) in [4.78, 5) is 11.0. The number of hydrogen-bond donors (Lipinski definition) is 2. The zero-order valence-electron chi connectivity index (χ0n) is 9.59. The fourth-order valence-electron chi connectivity index (χ4n) is 1.05. The van der Waals surface area contributed by atoms with Crippen LogP contribution in [0.1, 0.15) is 27.2 Å². The SMILES string of the molecule is CNC(=O)CC(C)NCCOC(C)C. The maximum atomic E-state index is 11.0. The summed E-state index contributed by atoms with van der Waals surface area (Å²) in [5.74, 6) is 0.0646. The van der Waals surface area contributed by atoms with Crippen LogP contribution in [0.5, 0.6) is 0 Å². The lowest BCUT2D eigenvalue weighted by molar-refractivity contribution is -0.121. The van der Waals surface area contributed by atoms with E-state index in [2.05, 4.69) is 10.6 Å². The van der Waals surface area contributed by atoms with Gasteiger partial charge in [0.1, 0.15) is 0 Å². The molecule has 0 aliphatic carbocycles. The summed E-state index contributed by atoms with van der Waals surface area (Å²) < 4.78 is 5.36. The molecule has 0 aliphatic rings. The van der Waals surface area contributed by atoms with Gasteiger partial charge in [-0.15, -0.1) is 0 Å². The van der Waals surface area contributed by atoms with E-state index < -0.39 is 0 Å². The number of rotatable bonds is 7. The van der Waals surface area contributed by atoms with Gasteiger partial charge in [0.25, 0.3) is 0 Å². The zero-order valence-corrected chi connectivity index (χ0v) is 9.59. The molecule has 1 unspecified atom stereocenters. The number of carbonyl (C=O) groups is 1. The summed E-state index contributed by atoms with van der Waals surface area (Å²) in [6, 6.07) is 0.200. The Kier molecular flexibility index (Phi) is 7.42. The van der Waals surface area contributed by atoms with Crippen molar-refractivity contribution in [3.8, 4) is 0 Å². The molecule has 0 rings (SSSR count). The molecule has 0 fully saturated rings. The summed E-state index contributed by atoms with van der Waals surface area (Å²) in [7, 11) is 1.65. The highest BCUT2D eigenvalue weighted by Gasteiger charge is 2.05. The Balaban J connectivity index is 3.35. The fraction of sp³-hybridized carbons (Fsp3) is 0.900. The molecule has 0 saturated heterocycles. The first kappa shape index (κ1) is 13.4. The van der Waals surface area contributed by atoms with Crippen LogP contribution in [0.4, 0.5) is 0 Å². The highest BCUT2D eigenvalue weighted by atomic mass is 16.5. The van der Waals surface area contributed by atoms with E-state index in [1.807, 2.05) is 20.8 Å². The van der Waals surface area contributed by atoms with E-state index in [0.717, 1.165) is 6.54 Å². The first-order valence-corrected chi connectivity index (χ1v) is 5.11. The summed E-state index contributed by atoms with van der Waals surface area (Å²) in [5.41, 5.74) is 0. The maximum Gasteiger partial charge on any atom is 0.221 e. The Morgan fingerprint density at radius 1 is 1.36 bits per heavy atom. The lowest BCUT2D eigenvalue weighted by Gasteiger charge is -2.13. The number of ether oxygens (including phenoxy) is 1. The molecule has 1 atom stereocenters. The van der Waals surface area contributed by atoms with E-state index in [0.29, 0.717) is 13.0 Å². The Bertz CT molecular complexity index is 160. The third-order valence-electron chi connectivity index (χ3n) is 1.82. The van der Waals surface area contributed by atoms with Gasteiger partial charge in [-0.05, 0) is 20.8 Å². The van der Waals surface area contributed by atoms with E-state index in [1.165, 1.54) is 0 Å². The predicted molar refractivity (Wildman–Crippen MR) is 57.2 cm³/mol. The molecule has 14 heavy (non-hydrogen) atoms. The number of hydrogen-bond acceptors (Lipinski definition) is 3. The molecule has 0 bridgehead atoms. The number of nitrogens with one attached hydrogen (secondary N) is 2. The van der Waals surface area contributed by atoms with Gasteiger partial charge in [0, 0.05) is 26.1 Å². The van der Waals surface area contributed by atoms with Crippen molar-refractivity contribution in [1.29, 1.82) is 0 Å². The molecule has 4 heteroatoms. The summed E-state index contributed by atoms with van der Waals surface area (Å²) >= 11 is 0. The summed E-state index contributed by atoms with van der Waals surface area (Å²) in [5, 5.41) is 5.81. The molecule has 4 nitrogen and oxygen atoms in total. The fourth-order valence-corrected chi connectivity index (χ4v) is 1.05. The molecule has 0 aromatic rings. The smallest absolute Gasteiger partial charge is 0.221 e. The van der Waals surface area contributed by atoms with Gasteiger partial charge < -0.3 is 15.4 Å². The van der Waals surface area contributed by atoms with Crippen molar-refractivity contribution in [2.24, 2.45) is 0 Å². The summed E-state index contributed by atoms with van der Waals surface area (Å²) in [6.45, 7) is 7.48. The first-order chi connectivity index (χ1) is 6.56. The number of carbonyl (C=O) groups excluding carboxylic acids is 1. The Morgan fingerprint density at radius 3 is 2.50 bits per heavy atom. The Morgan fingerprint density at radius 2 is 2.00 bits per heavy atom. The van der Waals surface area contributed by atoms with Crippen molar-refractivity contribution < 1.29 is 9.53 Å². The van der Waals surface area contributed by atoms with Crippen LogP contribution >= 0.6 is 0 Å². The van der Waals surface area contributed by atoms with E-state index in [1.54, 1.807) is 7.05 Å². The quantitative estimate of drug-likeness (QED) is 0.592. The molecular formula is C10H22N2O2. The normalized spacial score (nSPS) is 12.9. The highest BCUT2D eigenvalue weighted by Crippen LogP contribution is 1.90. The third kappa shape index (κ3) is 8.01. The second-order valence-corrected chi connectivity index (χ2v) is 3.65. The lowest BCUT2D eigenvalue weighted by atomic mass is 10.2. The van der Waals surface area contributed by atoms with E-state index >= 15 is 0 Å². The molecule has 1 amide bonds. The second kappa shape index (κ2) is 7.76. The monoisotopic (exact) mass is 202 g/mol. The molecule has 2 N–H and O–H groups in total. The van der Waals surface area contributed by atoms with Gasteiger partial charge in [-0.1, -0.05) is 0 Å². The molecule has 0 aliphatic heterocycles. The largest absolute Gasteiger partial charge is 0.377 e. The lowest BCUT2D eigenvalue weighted by Crippen LogP contribution is -2.34. The van der Waals surface area contributed by atoms with Crippen molar-refractivity contribution in [1.82, 2.24) is 10.6 Å². The van der Waals surface area contributed by atoms with Gasteiger partial charge in [-0.25, -0.2) is 0 Å². The van der Waals surface area contributed by atoms with E-state index in [-0.39, 0.29) is 18.1 Å². The Hall–Kier alpha value is -0.610. The van der Waals surface area contributed by atoms with Gasteiger partial charge >= 0.3 is 0 Å². The first-order valence-electron chi connectivity index (χ1n) is 5.11. The van der Waals surface area contributed by atoms with Crippen LogP contribution in [0.2, 0.25) is 0 Å². The summed E-state index contributed by atoms with van der Waals surface area (Å²) in [6.07, 6.45) is 0.782. The van der Waals surface area contributed by atoms with Gasteiger partial charge in [0.15, 0.2) is 0 Å². The second-order valence-electron chi connectivity index (χ2n) is 3.65. The topological polar surface area (TPSA) is 50.4 Å². The molecule has 0 heterocycles. The maximum absolute atomic E-state index is 11.0. The highest BCUT2D eigenvalue weighted by molar-refractivity contribution is 5.76. The molecule has 0 aromatic heterocycles. The van der Waals surface area contributed by atoms with Crippen LogP contribution in [-0.4, -0.2) is 38.3 Å². The molecule has 0 saturated carbocycles. The van der Waals surface area contributed by atoms with Gasteiger partial charge in [0.05, 0.1) is 12.7 Å². The van der Waals surface area contributed by atoms with Crippen LogP contribution in [-0.2, 0) is 9.53 Å². The minimum Gasteiger partial charge on any atom is -0.377 e. The van der Waals surface area contributed by atoms with Crippen LogP contribution in [0.15, 0.2) is 0 Å². The van der Waals surface area contributed by atoms with Crippen LogP contribution in [0, 0.1) is 0 Å². The minimum atomic E-state index is 0.0646. The molecule has 0 spiro atoms. The average molecular weight is 202 g/mol. The standard InChI is InChI=1S/C10H22N2O2/c1-8(2)14-6-5-12-9(3)7-10(13)11-4/h8-9,12H,5-7H2,1-4H3,(H,11,13). The predicted octanol–water partition coefficient (Wildman–Crippen LogP) is 0.526. The van der Waals surface area contributed by atoms with Crippen molar-refractivity contribution in [3.05, 3.63) is 0 Å². The molecule has 0 radical (unpaired) electrons. The van der Waals surface area contributed by atoms with Crippen LogP contribution < -0.4 is 10.6 Å².